The number of hydrogen-bond donors (Lipinski definition) is 16. The van der Waals surface area contributed by atoms with Crippen LogP contribution in [0.2, 0.25) is 0 Å². The Hall–Kier alpha value is -6.15. The Bertz CT molecular complexity index is 3850. The highest BCUT2D eigenvalue weighted by Gasteiger charge is 2.56. The van der Waals surface area contributed by atoms with Crippen LogP contribution in [0, 0.1) is 17.8 Å². The maximum Gasteiger partial charge on any atom is 0.408 e. The van der Waals surface area contributed by atoms with Gasteiger partial charge in [0.1, 0.15) is 86.8 Å². The molecule has 2 saturated carbocycles. The van der Waals surface area contributed by atoms with Crippen LogP contribution in [0.15, 0.2) is 115 Å². The van der Waals surface area contributed by atoms with E-state index in [2.05, 4.69) is 16.0 Å². The van der Waals surface area contributed by atoms with Crippen LogP contribution in [0.25, 0.3) is 0 Å². The van der Waals surface area contributed by atoms with E-state index in [-0.39, 0.29) is 104 Å². The molecular weight excluding hydrogens is 1610 g/mol. The van der Waals surface area contributed by atoms with Gasteiger partial charge in [-0.05, 0) is 67.6 Å². The monoisotopic (exact) mass is 1740 g/mol. The van der Waals surface area contributed by atoms with Crippen LogP contribution < -0.4 is 56.1 Å². The zero-order valence-electron chi connectivity index (χ0n) is 66.2. The van der Waals surface area contributed by atoms with Gasteiger partial charge in [0.15, 0.2) is 57.4 Å². The van der Waals surface area contributed by atoms with Gasteiger partial charge in [0.05, 0.1) is 97.6 Å². The second kappa shape index (κ2) is 47.8. The van der Waals surface area contributed by atoms with E-state index in [1.807, 2.05) is 73.7 Å². The fourth-order valence-corrected chi connectivity index (χ4v) is 18.5. The van der Waals surface area contributed by atoms with E-state index in [1.54, 1.807) is 55.5 Å². The maximum absolute atomic E-state index is 13.2. The topological polar surface area (TPSA) is 598 Å². The standard InChI is InChI=1S/C52H68N4O17S.C26H52N6O11S.2CH4/c1-3-37-19-21-39(55-51(61)66-29-34-15-9-5-10-16-34)47(68-37)71-44-32(2)25-36(31-74(63,64)24-23-53)42(58)46(44)73-49-43(59)45(41(27-57)70-49)72-48-40(56-52(62)67-30-35-17-11-6-12-18-35)22-20-38(69-48)26-54-50(60)65-28-33-13-7-4-8-14-33;27-5-6-44(36,37)11-12-7-17(32)21(41-24-15(30)3-1-13(8-28)38-24)23(19(12)34)43-26-20(35)22(18(10-33)40-26)42-25-16(31)4-2-14(9-29)39-25;;/h4-22,32,36-49,57-59H,3,23-31,53H2,1-2H3,(H,54,60)(H,55,61)(H,56,62);12-26,33-35H,1-11,27-32H2;2*1H4/t32-,36-,37+,38+,39+,40+,41+,42-,43+,44+,45+,46+,47+,48+,49-;12-,13-,14+,15+,16+,17-,18+,19-,20+,21+,22+,23+,24+,25+,26-;;/m00../s1. The van der Waals surface area contributed by atoms with Crippen molar-refractivity contribution in [3.8, 4) is 0 Å². The summed E-state index contributed by atoms with van der Waals surface area (Å²) in [6.45, 7) is 2.62. The van der Waals surface area contributed by atoms with Gasteiger partial charge in [0.25, 0.3) is 0 Å². The molecule has 2 aliphatic carbocycles. The van der Waals surface area contributed by atoms with E-state index in [4.69, 9.17) is 111 Å². The number of ether oxygens (including phenoxy) is 15. The number of aliphatic hydroxyl groups is 6. The Balaban J connectivity index is 0.000000333. The van der Waals surface area contributed by atoms with Gasteiger partial charge in [-0.1, -0.05) is 144 Å². The van der Waals surface area contributed by atoms with E-state index >= 15 is 0 Å². The van der Waals surface area contributed by atoms with E-state index in [1.165, 1.54) is 0 Å². The van der Waals surface area contributed by atoms with Gasteiger partial charge in [0, 0.05) is 44.1 Å². The number of hydrogen-bond acceptors (Lipinski definition) is 35. The van der Waals surface area contributed by atoms with E-state index in [0.717, 1.165) is 16.7 Å². The average Bonchev–Trinajstić information content (AvgIpc) is 1.32. The van der Waals surface area contributed by atoms with Crippen molar-refractivity contribution >= 4 is 38.0 Å². The molecule has 0 aromatic heterocycles. The molecule has 23 N–H and O–H groups in total. The third kappa shape index (κ3) is 27.9. The van der Waals surface area contributed by atoms with Crippen molar-refractivity contribution in [1.82, 2.24) is 16.0 Å². The lowest BCUT2D eigenvalue weighted by atomic mass is 9.77. The maximum atomic E-state index is 13.2. The highest BCUT2D eigenvalue weighted by atomic mass is 32.2. The van der Waals surface area contributed by atoms with Gasteiger partial charge in [0.2, 0.25) is 0 Å². The number of aliphatic hydroxyl groups excluding tert-OH is 6. The average molecular weight is 1740 g/mol. The third-order valence-electron chi connectivity index (χ3n) is 21.9. The number of sulfone groups is 2. The summed E-state index contributed by atoms with van der Waals surface area (Å²) < 4.78 is 142. The predicted molar refractivity (Wildman–Crippen MR) is 434 cm³/mol. The Morgan fingerprint density at radius 3 is 1.26 bits per heavy atom. The second-order valence-electron chi connectivity index (χ2n) is 30.8. The zero-order valence-corrected chi connectivity index (χ0v) is 67.8. The zero-order chi connectivity index (χ0) is 84.8. The number of carbonyl (C=O) groups excluding carboxylic acids is 3. The highest BCUT2D eigenvalue weighted by Crippen LogP contribution is 2.41. The fourth-order valence-electron chi connectivity index (χ4n) is 15.5. The molecule has 0 unspecified atom stereocenters. The molecule has 678 valence electrons. The van der Waals surface area contributed by atoms with E-state index in [9.17, 15) is 61.9 Å². The molecule has 6 fully saturated rings. The van der Waals surface area contributed by atoms with Crippen LogP contribution in [0.5, 0.6) is 0 Å². The molecule has 4 saturated heterocycles. The summed E-state index contributed by atoms with van der Waals surface area (Å²) in [6, 6.07) is 23.4. The van der Waals surface area contributed by atoms with Crippen molar-refractivity contribution in [2.75, 3.05) is 68.9 Å². The lowest BCUT2D eigenvalue weighted by Crippen LogP contribution is -2.63. The highest BCUT2D eigenvalue weighted by molar-refractivity contribution is 7.91. The molecule has 0 bridgehead atoms. The summed E-state index contributed by atoms with van der Waals surface area (Å²) in [5, 5.41) is 75.8. The first-order valence-electron chi connectivity index (χ1n) is 40.2. The first-order valence-corrected chi connectivity index (χ1v) is 43.8. The number of alkyl carbamates (subject to hydrolysis) is 3. The van der Waals surface area contributed by atoms with Gasteiger partial charge >= 0.3 is 18.3 Å². The largest absolute Gasteiger partial charge is 0.445 e. The number of nitrogens with one attached hydrogen (secondary N) is 3. The molecule has 40 heteroatoms. The number of rotatable bonds is 35. The second-order valence-corrected chi connectivity index (χ2v) is 35.3. The Morgan fingerprint density at radius 1 is 0.450 bits per heavy atom. The fraction of sp³-hybridized carbons (Fsp3) is 0.688. The smallest absolute Gasteiger partial charge is 0.408 e. The van der Waals surface area contributed by atoms with E-state index in [0.29, 0.717) is 32.1 Å². The molecule has 3 aromatic rings. The van der Waals surface area contributed by atoms with Crippen LogP contribution in [-0.2, 0) is 111 Å². The first kappa shape index (κ1) is 99.3. The van der Waals surface area contributed by atoms with Crippen molar-refractivity contribution in [3.63, 3.8) is 0 Å². The molecule has 6 heterocycles. The van der Waals surface area contributed by atoms with Gasteiger partial charge in [-0.15, -0.1) is 0 Å². The van der Waals surface area contributed by atoms with Crippen LogP contribution in [0.3, 0.4) is 0 Å². The van der Waals surface area contributed by atoms with Gasteiger partial charge in [-0.2, -0.15) is 0 Å². The molecular formula is C80H128N10O28S2. The lowest BCUT2D eigenvalue weighted by molar-refractivity contribution is -0.290. The molecule has 30 atom stereocenters. The SMILES string of the molecule is C.C.CC[C@@H]1C=C[C@@H](NC(=O)OCc2ccccc2)[C@@H](O[C@H]2[C@H](O[C@@H]3O[C@H](CO)[C@@H](O[C@H]4O[C@@H](CNC(=O)OCc5ccccc5)C=C[C@H]4NC(=O)OCc4ccccc4)[C@H]3O)[C@@H](O)[C@H](CS(=O)(=O)CCN)C[C@@H]2C)O1.NCCS(=O)(=O)C[C@@H]1C[C@H](N)[C@@H](O[C@H]2O[C@H](CN)CC[C@H]2N)[C@H](O[C@@H]2O[C@H](CO)[C@@H](O[C@H]3O[C@@H](CN)CC[C@H]3N)[C@H]2O)[C@H]1O. The lowest BCUT2D eigenvalue weighted by Gasteiger charge is -2.46. The number of carbonyl (C=O) groups is 3. The number of nitrogens with two attached hydrogens (primary N) is 7. The molecule has 6 aliphatic heterocycles. The third-order valence-corrected chi connectivity index (χ3v) is 25.4. The molecule has 3 amide bonds. The minimum absolute atomic E-state index is 0. The van der Waals surface area contributed by atoms with Crippen molar-refractivity contribution in [2.24, 2.45) is 57.9 Å². The molecule has 8 aliphatic rings. The first-order chi connectivity index (χ1) is 56.6. The molecule has 0 spiro atoms. The molecule has 0 radical (unpaired) electrons. The van der Waals surface area contributed by atoms with Crippen molar-refractivity contribution < 1.29 is 133 Å². The summed E-state index contributed by atoms with van der Waals surface area (Å²) in [4.78, 5) is 39.0. The summed E-state index contributed by atoms with van der Waals surface area (Å²) in [5.41, 5.74) is 44.0. The van der Waals surface area contributed by atoms with Crippen LogP contribution in [0.4, 0.5) is 14.4 Å². The molecule has 38 nitrogen and oxygen atoms in total. The van der Waals surface area contributed by atoms with Crippen LogP contribution >= 0.6 is 0 Å². The Morgan fingerprint density at radius 2 is 0.833 bits per heavy atom. The minimum atomic E-state index is -3.75. The minimum Gasteiger partial charge on any atom is -0.445 e. The van der Waals surface area contributed by atoms with Gasteiger partial charge in [-0.25, -0.2) is 31.2 Å². The van der Waals surface area contributed by atoms with E-state index < -0.39 is 234 Å². The summed E-state index contributed by atoms with van der Waals surface area (Å²) in [5.74, 6) is -3.67. The molecule has 11 rings (SSSR count). The van der Waals surface area contributed by atoms with Crippen molar-refractivity contribution in [3.05, 3.63) is 132 Å². The van der Waals surface area contributed by atoms with Gasteiger partial charge in [-0.3, -0.25) is 0 Å². The van der Waals surface area contributed by atoms with Crippen LogP contribution in [0.1, 0.15) is 90.3 Å². The molecule has 3 aromatic carbocycles. The van der Waals surface area contributed by atoms with Crippen LogP contribution in [-0.4, -0.2) is 300 Å². The Labute approximate surface area is 701 Å². The quantitative estimate of drug-likeness (QED) is 0.0255. The summed E-state index contributed by atoms with van der Waals surface area (Å²) >= 11 is 0. The summed E-state index contributed by atoms with van der Waals surface area (Å²) in [6.07, 6.45) is -17.6. The normalized spacial score (nSPS) is 35.6. The summed E-state index contributed by atoms with van der Waals surface area (Å²) in [7, 11) is -7.38. The van der Waals surface area contributed by atoms with Crippen molar-refractivity contribution in [2.45, 2.75) is 259 Å². The van der Waals surface area contributed by atoms with Crippen molar-refractivity contribution in [1.29, 1.82) is 0 Å². The predicted octanol–water partition coefficient (Wildman–Crippen LogP) is -0.745. The number of benzene rings is 3. The number of amides is 3. The molecule has 120 heavy (non-hydrogen) atoms. The Kier molecular flexibility index (Phi) is 39.5. The van der Waals surface area contributed by atoms with Gasteiger partial charge < -0.3 is 158 Å².